The summed E-state index contributed by atoms with van der Waals surface area (Å²) in [5.41, 5.74) is 2.57. The van der Waals surface area contributed by atoms with Gasteiger partial charge in [0.1, 0.15) is 0 Å². The summed E-state index contributed by atoms with van der Waals surface area (Å²) in [5.74, 6) is 5.15. The van der Waals surface area contributed by atoms with Gasteiger partial charge in [0, 0.05) is 12.2 Å². The molecule has 3 heteroatoms. The lowest BCUT2D eigenvalue weighted by Crippen LogP contribution is -2.33. The molecule has 3 nitrogen and oxygen atoms in total. The van der Waals surface area contributed by atoms with E-state index in [1.54, 1.807) is 0 Å². The number of benzene rings is 1. The van der Waals surface area contributed by atoms with Crippen molar-refractivity contribution in [3.63, 3.8) is 0 Å². The van der Waals surface area contributed by atoms with E-state index >= 15 is 0 Å². The van der Waals surface area contributed by atoms with Gasteiger partial charge in [-0.05, 0) is 31.9 Å². The van der Waals surface area contributed by atoms with Crippen LogP contribution in [0, 0.1) is 6.92 Å². The summed E-state index contributed by atoms with van der Waals surface area (Å²) in [6.45, 7) is 3.83. The van der Waals surface area contributed by atoms with Crippen LogP contribution in [0.1, 0.15) is 18.4 Å². The number of rotatable bonds is 3. The third-order valence-corrected chi connectivity index (χ3v) is 3.03. The molecule has 2 rings (SSSR count). The molecular formula is C12H18N2O. The SMILES string of the molecule is Cc1ccc(N2CCCC2CON)cc1. The molecule has 1 aromatic rings. The molecule has 1 unspecified atom stereocenters. The van der Waals surface area contributed by atoms with E-state index in [4.69, 9.17) is 10.7 Å². The Morgan fingerprint density at radius 2 is 2.13 bits per heavy atom. The zero-order valence-corrected chi connectivity index (χ0v) is 9.15. The van der Waals surface area contributed by atoms with E-state index in [9.17, 15) is 0 Å². The molecule has 1 aliphatic heterocycles. The van der Waals surface area contributed by atoms with E-state index < -0.39 is 0 Å². The molecule has 82 valence electrons. The normalized spacial score (nSPS) is 20.9. The molecule has 1 atom stereocenters. The third-order valence-electron chi connectivity index (χ3n) is 3.03. The molecular weight excluding hydrogens is 188 g/mol. The van der Waals surface area contributed by atoms with Crippen LogP contribution in [0.15, 0.2) is 24.3 Å². The zero-order chi connectivity index (χ0) is 10.7. The third kappa shape index (κ3) is 2.30. The molecule has 0 spiro atoms. The lowest BCUT2D eigenvalue weighted by Gasteiger charge is -2.26. The summed E-state index contributed by atoms with van der Waals surface area (Å²) in [7, 11) is 0. The Morgan fingerprint density at radius 1 is 1.40 bits per heavy atom. The first-order valence-electron chi connectivity index (χ1n) is 5.46. The zero-order valence-electron chi connectivity index (χ0n) is 9.15. The minimum atomic E-state index is 0.442. The fourth-order valence-corrected chi connectivity index (χ4v) is 2.20. The highest BCUT2D eigenvalue weighted by Crippen LogP contribution is 2.25. The lowest BCUT2D eigenvalue weighted by atomic mass is 10.2. The van der Waals surface area contributed by atoms with Gasteiger partial charge in [-0.15, -0.1) is 0 Å². The maximum atomic E-state index is 5.15. The standard InChI is InChI=1S/C12H18N2O/c1-10-4-6-11(7-5-10)14-8-2-3-12(14)9-15-13/h4-7,12H,2-3,8-9,13H2,1H3. The molecule has 1 aromatic carbocycles. The molecule has 2 N–H and O–H groups in total. The van der Waals surface area contributed by atoms with Crippen molar-refractivity contribution in [2.45, 2.75) is 25.8 Å². The second kappa shape index (κ2) is 4.64. The van der Waals surface area contributed by atoms with E-state index in [0.29, 0.717) is 12.6 Å². The average molecular weight is 206 g/mol. The monoisotopic (exact) mass is 206 g/mol. The van der Waals surface area contributed by atoms with Crippen molar-refractivity contribution >= 4 is 5.69 Å². The number of anilines is 1. The van der Waals surface area contributed by atoms with E-state index in [2.05, 4.69) is 36.1 Å². The molecule has 1 aliphatic rings. The summed E-state index contributed by atoms with van der Waals surface area (Å²) in [6.07, 6.45) is 2.40. The molecule has 0 bridgehead atoms. The smallest absolute Gasteiger partial charge is 0.0882 e. The maximum Gasteiger partial charge on any atom is 0.0882 e. The minimum absolute atomic E-state index is 0.442. The van der Waals surface area contributed by atoms with Crippen molar-refractivity contribution in [2.75, 3.05) is 18.1 Å². The van der Waals surface area contributed by atoms with E-state index in [0.717, 1.165) is 6.54 Å². The van der Waals surface area contributed by atoms with Crippen LogP contribution in [-0.2, 0) is 4.84 Å². The van der Waals surface area contributed by atoms with E-state index in [1.807, 2.05) is 0 Å². The van der Waals surface area contributed by atoms with Gasteiger partial charge in [-0.3, -0.25) is 0 Å². The van der Waals surface area contributed by atoms with Crippen molar-refractivity contribution < 1.29 is 4.84 Å². The fraction of sp³-hybridized carbons (Fsp3) is 0.500. The molecule has 0 radical (unpaired) electrons. The van der Waals surface area contributed by atoms with Crippen molar-refractivity contribution in [1.82, 2.24) is 0 Å². The topological polar surface area (TPSA) is 38.5 Å². The van der Waals surface area contributed by atoms with Gasteiger partial charge in [-0.1, -0.05) is 17.7 Å². The summed E-state index contributed by atoms with van der Waals surface area (Å²) >= 11 is 0. The Labute approximate surface area is 90.8 Å². The van der Waals surface area contributed by atoms with Crippen LogP contribution in [0.25, 0.3) is 0 Å². The van der Waals surface area contributed by atoms with Crippen LogP contribution >= 0.6 is 0 Å². The number of nitrogens with zero attached hydrogens (tertiary/aromatic N) is 1. The molecule has 1 heterocycles. The highest BCUT2D eigenvalue weighted by molar-refractivity contribution is 5.49. The molecule has 15 heavy (non-hydrogen) atoms. The predicted octanol–water partition coefficient (Wildman–Crippen LogP) is 1.85. The first-order valence-corrected chi connectivity index (χ1v) is 5.46. The van der Waals surface area contributed by atoms with Gasteiger partial charge in [-0.25, -0.2) is 5.90 Å². The van der Waals surface area contributed by atoms with Crippen LogP contribution in [0.5, 0.6) is 0 Å². The van der Waals surface area contributed by atoms with E-state index in [1.165, 1.54) is 24.1 Å². The van der Waals surface area contributed by atoms with Crippen LogP contribution in [-0.4, -0.2) is 19.2 Å². The van der Waals surface area contributed by atoms with Crippen molar-refractivity contribution in [3.8, 4) is 0 Å². The fourth-order valence-electron chi connectivity index (χ4n) is 2.20. The van der Waals surface area contributed by atoms with Crippen LogP contribution in [0.2, 0.25) is 0 Å². The molecule has 0 saturated carbocycles. The van der Waals surface area contributed by atoms with Crippen molar-refractivity contribution in [3.05, 3.63) is 29.8 Å². The second-order valence-corrected chi connectivity index (χ2v) is 4.16. The summed E-state index contributed by atoms with van der Waals surface area (Å²) in [4.78, 5) is 7.14. The van der Waals surface area contributed by atoms with Crippen LogP contribution < -0.4 is 10.8 Å². The highest BCUT2D eigenvalue weighted by atomic mass is 16.6. The number of hydrogen-bond donors (Lipinski definition) is 1. The van der Waals surface area contributed by atoms with Gasteiger partial charge in [0.15, 0.2) is 0 Å². The van der Waals surface area contributed by atoms with Crippen molar-refractivity contribution in [2.24, 2.45) is 5.90 Å². The van der Waals surface area contributed by atoms with E-state index in [-0.39, 0.29) is 0 Å². The molecule has 1 saturated heterocycles. The molecule has 1 fully saturated rings. The van der Waals surface area contributed by atoms with Crippen LogP contribution in [0.3, 0.4) is 0 Å². The summed E-state index contributed by atoms with van der Waals surface area (Å²) in [5, 5.41) is 0. The Kier molecular flexibility index (Phi) is 3.23. The summed E-state index contributed by atoms with van der Waals surface area (Å²) in [6, 6.07) is 9.08. The van der Waals surface area contributed by atoms with Gasteiger partial charge in [0.05, 0.1) is 12.6 Å². The Morgan fingerprint density at radius 3 is 2.80 bits per heavy atom. The number of hydrogen-bond acceptors (Lipinski definition) is 3. The highest BCUT2D eigenvalue weighted by Gasteiger charge is 2.24. The largest absolute Gasteiger partial charge is 0.366 e. The number of nitrogens with two attached hydrogens (primary N) is 1. The summed E-state index contributed by atoms with van der Waals surface area (Å²) < 4.78 is 0. The number of aryl methyl sites for hydroxylation is 1. The maximum absolute atomic E-state index is 5.15. The Bertz CT molecular complexity index is 310. The molecule has 0 aliphatic carbocycles. The molecule has 0 amide bonds. The lowest BCUT2D eigenvalue weighted by molar-refractivity contribution is 0.124. The predicted molar refractivity (Wildman–Crippen MR) is 61.7 cm³/mol. The van der Waals surface area contributed by atoms with Gasteiger partial charge in [-0.2, -0.15) is 0 Å². The quantitative estimate of drug-likeness (QED) is 0.767. The first kappa shape index (κ1) is 10.5. The Hall–Kier alpha value is -1.06. The first-order chi connectivity index (χ1) is 7.31. The van der Waals surface area contributed by atoms with Crippen LogP contribution in [0.4, 0.5) is 5.69 Å². The van der Waals surface area contributed by atoms with Crippen molar-refractivity contribution in [1.29, 1.82) is 0 Å². The van der Waals surface area contributed by atoms with Gasteiger partial charge >= 0.3 is 0 Å². The average Bonchev–Trinajstić information content (AvgIpc) is 2.68. The molecule has 0 aromatic heterocycles. The minimum Gasteiger partial charge on any atom is -0.366 e. The van der Waals surface area contributed by atoms with Gasteiger partial charge in [0.2, 0.25) is 0 Å². The second-order valence-electron chi connectivity index (χ2n) is 4.16. The van der Waals surface area contributed by atoms with Gasteiger partial charge in [0.25, 0.3) is 0 Å². The Balaban J connectivity index is 2.11. The van der Waals surface area contributed by atoms with Gasteiger partial charge < -0.3 is 9.74 Å².